The predicted octanol–water partition coefficient (Wildman–Crippen LogP) is 3.92. The summed E-state index contributed by atoms with van der Waals surface area (Å²) < 4.78 is 5.04. The molecule has 0 saturated heterocycles. The average Bonchev–Trinajstić information content (AvgIpc) is 3.29. The molecule has 164 valence electrons. The number of nitrogens with zero attached hydrogens (tertiary/aromatic N) is 1. The summed E-state index contributed by atoms with van der Waals surface area (Å²) in [5.41, 5.74) is 5.33. The number of thioether (sulfide) groups is 1. The van der Waals surface area contributed by atoms with Gasteiger partial charge in [-0.1, -0.05) is 11.6 Å². The lowest BCUT2D eigenvalue weighted by Crippen LogP contribution is -2.18. The van der Waals surface area contributed by atoms with Crippen molar-refractivity contribution in [2.75, 3.05) is 16.4 Å². The van der Waals surface area contributed by atoms with Crippen molar-refractivity contribution in [3.05, 3.63) is 81.3 Å². The highest BCUT2D eigenvalue weighted by atomic mass is 35.5. The normalized spacial score (nSPS) is 10.4. The summed E-state index contributed by atoms with van der Waals surface area (Å²) in [6.07, 6.45) is 1.35. The number of anilines is 2. The Morgan fingerprint density at radius 2 is 1.88 bits per heavy atom. The summed E-state index contributed by atoms with van der Waals surface area (Å²) >= 11 is 6.91. The van der Waals surface area contributed by atoms with Gasteiger partial charge in [0.15, 0.2) is 5.76 Å². The van der Waals surface area contributed by atoms with Crippen molar-refractivity contribution in [1.29, 1.82) is 0 Å². The topological polar surface area (TPSA) is 158 Å². The summed E-state index contributed by atoms with van der Waals surface area (Å²) in [5, 5.41) is 16.9. The molecule has 0 aliphatic carbocycles. The van der Waals surface area contributed by atoms with Gasteiger partial charge in [0.1, 0.15) is 0 Å². The summed E-state index contributed by atoms with van der Waals surface area (Å²) in [6, 6.07) is 11.3. The average molecular weight is 475 g/mol. The van der Waals surface area contributed by atoms with Gasteiger partial charge in [-0.2, -0.15) is 0 Å². The molecule has 32 heavy (non-hydrogen) atoms. The van der Waals surface area contributed by atoms with Crippen molar-refractivity contribution in [3.8, 4) is 0 Å². The van der Waals surface area contributed by atoms with E-state index in [1.54, 1.807) is 6.07 Å². The van der Waals surface area contributed by atoms with Crippen LogP contribution >= 0.6 is 23.4 Å². The highest BCUT2D eigenvalue weighted by Gasteiger charge is 2.19. The van der Waals surface area contributed by atoms with Gasteiger partial charge in [-0.3, -0.25) is 24.5 Å². The third-order valence-corrected chi connectivity index (χ3v) is 5.35. The Hall–Kier alpha value is -3.83. The van der Waals surface area contributed by atoms with Crippen LogP contribution < -0.4 is 16.4 Å². The quantitative estimate of drug-likeness (QED) is 0.253. The van der Waals surface area contributed by atoms with Crippen LogP contribution in [0.5, 0.6) is 0 Å². The maximum Gasteiger partial charge on any atom is 0.291 e. The molecule has 0 saturated carbocycles. The monoisotopic (exact) mass is 474 g/mol. The first-order valence-corrected chi connectivity index (χ1v) is 10.3. The number of benzene rings is 2. The fourth-order valence-electron chi connectivity index (χ4n) is 2.59. The second-order valence-electron chi connectivity index (χ2n) is 6.26. The third kappa shape index (κ3) is 5.65. The van der Waals surface area contributed by atoms with Crippen LogP contribution in [0.1, 0.15) is 20.9 Å². The molecular weight excluding hydrogens is 460 g/mol. The van der Waals surface area contributed by atoms with Crippen LogP contribution in [0, 0.1) is 10.1 Å². The molecule has 0 fully saturated rings. The molecule has 3 amide bonds. The molecule has 0 radical (unpaired) electrons. The number of furan rings is 1. The summed E-state index contributed by atoms with van der Waals surface area (Å²) in [5.74, 6) is -1.92. The summed E-state index contributed by atoms with van der Waals surface area (Å²) in [4.78, 5) is 46.8. The Morgan fingerprint density at radius 3 is 2.53 bits per heavy atom. The molecule has 0 atom stereocenters. The number of halogens is 1. The molecule has 10 nitrogen and oxygen atoms in total. The van der Waals surface area contributed by atoms with Crippen LogP contribution in [0.15, 0.2) is 64.1 Å². The van der Waals surface area contributed by atoms with Crippen molar-refractivity contribution in [3.63, 3.8) is 0 Å². The Labute approximate surface area is 190 Å². The van der Waals surface area contributed by atoms with Crippen molar-refractivity contribution in [1.82, 2.24) is 0 Å². The largest absolute Gasteiger partial charge is 0.459 e. The lowest BCUT2D eigenvalue weighted by atomic mass is 10.2. The molecule has 1 heterocycles. The number of hydrogen-bond donors (Lipinski definition) is 3. The van der Waals surface area contributed by atoms with Crippen LogP contribution in [-0.2, 0) is 4.79 Å². The van der Waals surface area contributed by atoms with Gasteiger partial charge in [-0.05, 0) is 42.5 Å². The zero-order valence-electron chi connectivity index (χ0n) is 16.2. The Kier molecular flexibility index (Phi) is 7.13. The lowest BCUT2D eigenvalue weighted by molar-refractivity contribution is -0.387. The second-order valence-corrected chi connectivity index (χ2v) is 7.72. The second kappa shape index (κ2) is 9.98. The fourth-order valence-corrected chi connectivity index (χ4v) is 3.56. The van der Waals surface area contributed by atoms with E-state index in [1.807, 2.05) is 0 Å². The number of nitro benzene ring substituents is 1. The van der Waals surface area contributed by atoms with E-state index in [4.69, 9.17) is 21.8 Å². The van der Waals surface area contributed by atoms with Crippen LogP contribution in [-0.4, -0.2) is 28.4 Å². The van der Waals surface area contributed by atoms with Crippen molar-refractivity contribution in [2.24, 2.45) is 5.73 Å². The Morgan fingerprint density at radius 1 is 1.09 bits per heavy atom. The van der Waals surface area contributed by atoms with E-state index in [0.717, 1.165) is 17.8 Å². The number of nitrogens with two attached hydrogens (primary N) is 1. The van der Waals surface area contributed by atoms with E-state index in [-0.39, 0.29) is 39.0 Å². The number of nitro groups is 1. The van der Waals surface area contributed by atoms with Gasteiger partial charge in [0.25, 0.3) is 11.6 Å². The molecule has 0 spiro atoms. The van der Waals surface area contributed by atoms with Gasteiger partial charge in [-0.15, -0.1) is 11.8 Å². The molecule has 3 aromatic rings. The molecule has 0 bridgehead atoms. The third-order valence-electron chi connectivity index (χ3n) is 4.05. The van der Waals surface area contributed by atoms with Crippen LogP contribution in [0.4, 0.5) is 17.1 Å². The van der Waals surface area contributed by atoms with Gasteiger partial charge in [-0.25, -0.2) is 0 Å². The van der Waals surface area contributed by atoms with Gasteiger partial charge < -0.3 is 20.8 Å². The first kappa shape index (κ1) is 22.8. The molecule has 4 N–H and O–H groups in total. The highest BCUT2D eigenvalue weighted by molar-refractivity contribution is 8.00. The maximum absolute atomic E-state index is 12.5. The SMILES string of the molecule is NC(=O)c1ccc(SCC(=O)Nc2ccc(Cl)cc2NC(=O)c2ccco2)c([N+](=O)[O-])c1. The van der Waals surface area contributed by atoms with Gasteiger partial charge in [0, 0.05) is 16.7 Å². The molecule has 0 unspecified atom stereocenters. The van der Waals surface area contributed by atoms with E-state index in [9.17, 15) is 24.5 Å². The lowest BCUT2D eigenvalue weighted by Gasteiger charge is -2.12. The number of carbonyl (C=O) groups is 3. The molecule has 3 rings (SSSR count). The number of hydrogen-bond acceptors (Lipinski definition) is 7. The molecule has 0 aliphatic rings. The Balaban J connectivity index is 1.71. The van der Waals surface area contributed by atoms with Crippen molar-refractivity contribution < 1.29 is 23.7 Å². The molecule has 2 aromatic carbocycles. The van der Waals surface area contributed by atoms with E-state index < -0.39 is 22.6 Å². The number of carbonyl (C=O) groups excluding carboxylic acids is 3. The fraction of sp³-hybridized carbons (Fsp3) is 0.0500. The van der Waals surface area contributed by atoms with Crippen LogP contribution in [0.3, 0.4) is 0 Å². The van der Waals surface area contributed by atoms with E-state index >= 15 is 0 Å². The van der Waals surface area contributed by atoms with Crippen LogP contribution in [0.2, 0.25) is 5.02 Å². The zero-order valence-corrected chi connectivity index (χ0v) is 17.7. The minimum absolute atomic E-state index is 0.0105. The summed E-state index contributed by atoms with van der Waals surface area (Å²) in [7, 11) is 0. The van der Waals surface area contributed by atoms with E-state index in [1.165, 1.54) is 42.7 Å². The molecule has 1 aromatic heterocycles. The summed E-state index contributed by atoms with van der Waals surface area (Å²) in [6.45, 7) is 0. The number of rotatable bonds is 8. The maximum atomic E-state index is 12.5. The van der Waals surface area contributed by atoms with E-state index in [0.29, 0.717) is 5.02 Å². The smallest absolute Gasteiger partial charge is 0.291 e. The minimum Gasteiger partial charge on any atom is -0.459 e. The molecular formula is C20H15ClN4O6S. The van der Waals surface area contributed by atoms with Gasteiger partial charge in [0.2, 0.25) is 11.8 Å². The minimum atomic E-state index is -0.797. The number of amides is 3. The van der Waals surface area contributed by atoms with Gasteiger partial charge >= 0.3 is 0 Å². The van der Waals surface area contributed by atoms with Crippen LogP contribution in [0.25, 0.3) is 0 Å². The standard InChI is InChI=1S/C20H15ClN4O6S/c21-12-4-5-13(14(9-12)24-20(28)16-2-1-7-31-16)23-18(26)10-32-17-6-3-11(19(22)27)8-15(17)25(29)30/h1-9H,10H2,(H2,22,27)(H,23,26)(H,24,28). The first-order valence-electron chi connectivity index (χ1n) is 8.90. The van der Waals surface area contributed by atoms with E-state index in [2.05, 4.69) is 10.6 Å². The zero-order chi connectivity index (χ0) is 23.3. The Bertz CT molecular complexity index is 1200. The first-order chi connectivity index (χ1) is 15.2. The highest BCUT2D eigenvalue weighted by Crippen LogP contribution is 2.31. The predicted molar refractivity (Wildman–Crippen MR) is 119 cm³/mol. The number of nitrogens with one attached hydrogen (secondary N) is 2. The van der Waals surface area contributed by atoms with Crippen molar-refractivity contribution in [2.45, 2.75) is 4.90 Å². The molecule has 12 heteroatoms. The molecule has 0 aliphatic heterocycles. The number of primary amides is 1. The van der Waals surface area contributed by atoms with Crippen molar-refractivity contribution >= 4 is 58.1 Å². The van der Waals surface area contributed by atoms with Gasteiger partial charge in [0.05, 0.1) is 33.2 Å².